The van der Waals surface area contributed by atoms with E-state index in [0.29, 0.717) is 18.2 Å². The average Bonchev–Trinajstić information content (AvgIpc) is 2.29. The summed E-state index contributed by atoms with van der Waals surface area (Å²) < 4.78 is 10.5. The molecule has 0 atom stereocenters. The Labute approximate surface area is 101 Å². The van der Waals surface area contributed by atoms with E-state index in [2.05, 4.69) is 10.3 Å². The van der Waals surface area contributed by atoms with E-state index in [-0.39, 0.29) is 18.6 Å². The zero-order valence-corrected chi connectivity index (χ0v) is 10.4. The average molecular weight is 238 g/mol. The first-order valence-electron chi connectivity index (χ1n) is 5.62. The fraction of sp³-hybridized carbons (Fsp3) is 0.500. The zero-order valence-electron chi connectivity index (χ0n) is 10.4. The lowest BCUT2D eigenvalue weighted by atomic mass is 10.4. The highest BCUT2D eigenvalue weighted by Gasteiger charge is 2.08. The topological polar surface area (TPSA) is 60.5 Å². The summed E-state index contributed by atoms with van der Waals surface area (Å²) in [6, 6.07) is 3.48. The minimum atomic E-state index is -0.215. The molecule has 0 saturated carbocycles. The van der Waals surface area contributed by atoms with Crippen LogP contribution < -0.4 is 10.1 Å². The standard InChI is InChI=1S/C12H18N2O3/c1-4-16-12-10(6-5-7-13-12)14-11(15)8-17-9(2)3/h5-7,9H,4,8H2,1-3H3,(H,14,15). The largest absolute Gasteiger partial charge is 0.476 e. The second-order valence-corrected chi connectivity index (χ2v) is 3.70. The molecule has 1 heterocycles. The van der Waals surface area contributed by atoms with Crippen molar-refractivity contribution in [2.75, 3.05) is 18.5 Å². The van der Waals surface area contributed by atoms with Gasteiger partial charge in [-0.1, -0.05) is 0 Å². The molecule has 0 aromatic carbocycles. The summed E-state index contributed by atoms with van der Waals surface area (Å²) in [4.78, 5) is 15.6. The highest BCUT2D eigenvalue weighted by atomic mass is 16.5. The Morgan fingerprint density at radius 2 is 2.29 bits per heavy atom. The number of carbonyl (C=O) groups is 1. The van der Waals surface area contributed by atoms with Gasteiger partial charge in [0, 0.05) is 6.20 Å². The molecule has 0 spiro atoms. The minimum Gasteiger partial charge on any atom is -0.476 e. The quantitative estimate of drug-likeness (QED) is 0.821. The molecule has 0 fully saturated rings. The Morgan fingerprint density at radius 1 is 1.53 bits per heavy atom. The van der Waals surface area contributed by atoms with Crippen LogP contribution in [0.25, 0.3) is 0 Å². The van der Waals surface area contributed by atoms with Gasteiger partial charge in [0.25, 0.3) is 5.91 Å². The number of aromatic nitrogens is 1. The molecule has 1 amide bonds. The van der Waals surface area contributed by atoms with Crippen molar-refractivity contribution in [3.05, 3.63) is 18.3 Å². The van der Waals surface area contributed by atoms with E-state index < -0.39 is 0 Å². The Kier molecular flexibility index (Phi) is 5.42. The van der Waals surface area contributed by atoms with Crippen molar-refractivity contribution in [2.45, 2.75) is 26.9 Å². The van der Waals surface area contributed by atoms with Crippen molar-refractivity contribution in [2.24, 2.45) is 0 Å². The normalized spacial score (nSPS) is 10.4. The van der Waals surface area contributed by atoms with Crippen LogP contribution in [0.3, 0.4) is 0 Å². The van der Waals surface area contributed by atoms with Crippen LogP contribution in [-0.2, 0) is 9.53 Å². The van der Waals surface area contributed by atoms with Crippen molar-refractivity contribution < 1.29 is 14.3 Å². The van der Waals surface area contributed by atoms with Crippen molar-refractivity contribution in [1.29, 1.82) is 0 Å². The van der Waals surface area contributed by atoms with E-state index in [1.165, 1.54) is 0 Å². The Balaban J connectivity index is 2.58. The van der Waals surface area contributed by atoms with E-state index >= 15 is 0 Å². The molecular formula is C12H18N2O3. The molecule has 1 N–H and O–H groups in total. The number of rotatable bonds is 6. The number of carbonyl (C=O) groups excluding carboxylic acids is 1. The van der Waals surface area contributed by atoms with Crippen molar-refractivity contribution in [3.63, 3.8) is 0 Å². The zero-order chi connectivity index (χ0) is 12.7. The van der Waals surface area contributed by atoms with E-state index in [1.54, 1.807) is 18.3 Å². The highest BCUT2D eigenvalue weighted by Crippen LogP contribution is 2.20. The van der Waals surface area contributed by atoms with Crippen LogP contribution in [0.15, 0.2) is 18.3 Å². The first kappa shape index (κ1) is 13.4. The molecule has 0 aliphatic rings. The van der Waals surface area contributed by atoms with Crippen LogP contribution in [0, 0.1) is 0 Å². The molecular weight excluding hydrogens is 220 g/mol. The van der Waals surface area contributed by atoms with Gasteiger partial charge in [0.15, 0.2) is 0 Å². The second-order valence-electron chi connectivity index (χ2n) is 3.70. The van der Waals surface area contributed by atoms with E-state index in [0.717, 1.165) is 0 Å². The Morgan fingerprint density at radius 3 is 2.94 bits per heavy atom. The summed E-state index contributed by atoms with van der Waals surface area (Å²) in [6.07, 6.45) is 1.65. The lowest BCUT2D eigenvalue weighted by Crippen LogP contribution is -2.21. The number of hydrogen-bond acceptors (Lipinski definition) is 4. The number of nitrogens with one attached hydrogen (secondary N) is 1. The molecule has 17 heavy (non-hydrogen) atoms. The molecule has 0 unspecified atom stereocenters. The van der Waals surface area contributed by atoms with Crippen molar-refractivity contribution in [1.82, 2.24) is 4.98 Å². The molecule has 0 radical (unpaired) electrons. The number of ether oxygens (including phenoxy) is 2. The number of anilines is 1. The van der Waals surface area contributed by atoms with Gasteiger partial charge in [-0.15, -0.1) is 0 Å². The summed E-state index contributed by atoms with van der Waals surface area (Å²) in [6.45, 7) is 6.15. The second kappa shape index (κ2) is 6.85. The van der Waals surface area contributed by atoms with E-state index in [9.17, 15) is 4.79 Å². The first-order valence-corrected chi connectivity index (χ1v) is 5.62. The molecule has 1 rings (SSSR count). The van der Waals surface area contributed by atoms with E-state index in [1.807, 2.05) is 20.8 Å². The molecule has 0 saturated heterocycles. The predicted molar refractivity (Wildman–Crippen MR) is 65.1 cm³/mol. The molecule has 5 heteroatoms. The third kappa shape index (κ3) is 4.82. The van der Waals surface area contributed by atoms with Gasteiger partial charge in [-0.25, -0.2) is 4.98 Å². The lowest BCUT2D eigenvalue weighted by Gasteiger charge is -2.11. The van der Waals surface area contributed by atoms with Gasteiger partial charge >= 0.3 is 0 Å². The monoisotopic (exact) mass is 238 g/mol. The molecule has 1 aromatic heterocycles. The third-order valence-electron chi connectivity index (χ3n) is 1.87. The Bertz CT molecular complexity index is 367. The number of amides is 1. The van der Waals surface area contributed by atoms with Gasteiger partial charge in [0.2, 0.25) is 5.88 Å². The van der Waals surface area contributed by atoms with Crippen LogP contribution in [0.1, 0.15) is 20.8 Å². The van der Waals surface area contributed by atoms with Crippen molar-refractivity contribution in [3.8, 4) is 5.88 Å². The van der Waals surface area contributed by atoms with Crippen LogP contribution >= 0.6 is 0 Å². The number of nitrogens with zero attached hydrogens (tertiary/aromatic N) is 1. The van der Waals surface area contributed by atoms with E-state index in [4.69, 9.17) is 9.47 Å². The predicted octanol–water partition coefficient (Wildman–Crippen LogP) is 1.84. The van der Waals surface area contributed by atoms with Crippen LogP contribution in [0.4, 0.5) is 5.69 Å². The van der Waals surface area contributed by atoms with Crippen LogP contribution in [0.5, 0.6) is 5.88 Å². The number of hydrogen-bond donors (Lipinski definition) is 1. The highest BCUT2D eigenvalue weighted by molar-refractivity contribution is 5.92. The summed E-state index contributed by atoms with van der Waals surface area (Å²) in [5, 5.41) is 2.70. The van der Waals surface area contributed by atoms with Gasteiger partial charge in [0.1, 0.15) is 12.3 Å². The molecule has 0 aliphatic heterocycles. The van der Waals surface area contributed by atoms with Gasteiger partial charge in [-0.05, 0) is 32.9 Å². The lowest BCUT2D eigenvalue weighted by molar-refractivity contribution is -0.121. The van der Waals surface area contributed by atoms with Gasteiger partial charge in [-0.3, -0.25) is 4.79 Å². The molecule has 0 aliphatic carbocycles. The van der Waals surface area contributed by atoms with Crippen molar-refractivity contribution >= 4 is 11.6 Å². The maximum absolute atomic E-state index is 11.6. The van der Waals surface area contributed by atoms with Crippen LogP contribution in [-0.4, -0.2) is 30.2 Å². The van der Waals surface area contributed by atoms with Gasteiger partial charge < -0.3 is 14.8 Å². The fourth-order valence-corrected chi connectivity index (χ4v) is 1.17. The summed E-state index contributed by atoms with van der Waals surface area (Å²) >= 11 is 0. The molecule has 5 nitrogen and oxygen atoms in total. The number of pyridine rings is 1. The maximum Gasteiger partial charge on any atom is 0.250 e. The molecule has 1 aromatic rings. The minimum absolute atomic E-state index is 0.0259. The van der Waals surface area contributed by atoms with Gasteiger partial charge in [-0.2, -0.15) is 0 Å². The molecule has 0 bridgehead atoms. The summed E-state index contributed by atoms with van der Waals surface area (Å²) in [5.41, 5.74) is 0.562. The molecule has 94 valence electrons. The third-order valence-corrected chi connectivity index (χ3v) is 1.87. The SMILES string of the molecule is CCOc1ncccc1NC(=O)COC(C)C. The van der Waals surface area contributed by atoms with Gasteiger partial charge in [0.05, 0.1) is 12.7 Å². The maximum atomic E-state index is 11.6. The summed E-state index contributed by atoms with van der Waals surface area (Å²) in [5.74, 6) is 0.209. The smallest absolute Gasteiger partial charge is 0.250 e. The fourth-order valence-electron chi connectivity index (χ4n) is 1.17. The van der Waals surface area contributed by atoms with Crippen LogP contribution in [0.2, 0.25) is 0 Å². The first-order chi connectivity index (χ1) is 8.13. The summed E-state index contributed by atoms with van der Waals surface area (Å²) in [7, 11) is 0. The Hall–Kier alpha value is -1.62.